The molecule has 2 amide bonds. The second-order valence-corrected chi connectivity index (χ2v) is 10.6. The van der Waals surface area contributed by atoms with Crippen LogP contribution < -0.4 is 23.8 Å². The van der Waals surface area contributed by atoms with Gasteiger partial charge in [0.15, 0.2) is 11.5 Å². The van der Waals surface area contributed by atoms with E-state index in [9.17, 15) is 18.0 Å². The number of carbonyl (C=O) groups is 2. The summed E-state index contributed by atoms with van der Waals surface area (Å²) in [5.41, 5.74) is 0.990. The fourth-order valence-corrected chi connectivity index (χ4v) is 4.41. The highest BCUT2D eigenvalue weighted by Crippen LogP contribution is 2.32. The lowest BCUT2D eigenvalue weighted by Gasteiger charge is -2.32. The van der Waals surface area contributed by atoms with Crippen LogP contribution in [0.5, 0.6) is 17.2 Å². The summed E-state index contributed by atoms with van der Waals surface area (Å²) in [6.45, 7) is 5.04. The van der Waals surface area contributed by atoms with Crippen LogP contribution in [0.4, 0.5) is 5.69 Å². The number of sulfonamides is 1. The first-order chi connectivity index (χ1) is 17.4. The van der Waals surface area contributed by atoms with Crippen LogP contribution in [0.2, 0.25) is 0 Å². The lowest BCUT2D eigenvalue weighted by atomic mass is 10.1. The van der Waals surface area contributed by atoms with Gasteiger partial charge in [0.05, 0.1) is 33.3 Å². The third kappa shape index (κ3) is 8.01. The van der Waals surface area contributed by atoms with Crippen molar-refractivity contribution in [2.45, 2.75) is 45.8 Å². The predicted molar refractivity (Wildman–Crippen MR) is 143 cm³/mol. The third-order valence-corrected chi connectivity index (χ3v) is 7.16. The molecule has 0 aliphatic rings. The predicted octanol–water partition coefficient (Wildman–Crippen LogP) is 2.81. The monoisotopic (exact) mass is 535 g/mol. The minimum atomic E-state index is -3.87. The second-order valence-electron chi connectivity index (χ2n) is 8.67. The highest BCUT2D eigenvalue weighted by atomic mass is 32.2. The van der Waals surface area contributed by atoms with Crippen molar-refractivity contribution in [1.82, 2.24) is 10.2 Å². The number of ether oxygens (including phenoxy) is 3. The van der Waals surface area contributed by atoms with Crippen LogP contribution in [0.25, 0.3) is 0 Å². The Labute approximate surface area is 219 Å². The molecule has 2 aromatic rings. The largest absolute Gasteiger partial charge is 0.497 e. The quantitative estimate of drug-likeness (QED) is 0.419. The minimum Gasteiger partial charge on any atom is -0.497 e. The Kier molecular flexibility index (Phi) is 10.6. The number of methoxy groups -OCH3 is 3. The molecule has 0 aromatic heterocycles. The van der Waals surface area contributed by atoms with Crippen molar-refractivity contribution in [3.8, 4) is 17.2 Å². The average molecular weight is 536 g/mol. The van der Waals surface area contributed by atoms with Crippen LogP contribution in [0.1, 0.15) is 32.8 Å². The lowest BCUT2D eigenvalue weighted by molar-refractivity contribution is -0.139. The summed E-state index contributed by atoms with van der Waals surface area (Å²) >= 11 is 0. The molecule has 204 valence electrons. The number of benzene rings is 2. The van der Waals surface area contributed by atoms with E-state index in [1.54, 1.807) is 44.4 Å². The van der Waals surface area contributed by atoms with Gasteiger partial charge < -0.3 is 24.4 Å². The molecule has 0 saturated carbocycles. The topological polar surface area (TPSA) is 114 Å². The summed E-state index contributed by atoms with van der Waals surface area (Å²) in [4.78, 5) is 28.0. The van der Waals surface area contributed by atoms with E-state index in [1.165, 1.54) is 31.3 Å². The Balaban J connectivity index is 2.43. The van der Waals surface area contributed by atoms with Gasteiger partial charge in [0.2, 0.25) is 21.8 Å². The van der Waals surface area contributed by atoms with Crippen LogP contribution in [-0.4, -0.2) is 71.3 Å². The molecule has 2 rings (SSSR count). The van der Waals surface area contributed by atoms with Crippen molar-refractivity contribution in [2.24, 2.45) is 0 Å². The van der Waals surface area contributed by atoms with E-state index < -0.39 is 28.5 Å². The number of rotatable bonds is 13. The van der Waals surface area contributed by atoms with E-state index in [2.05, 4.69) is 5.32 Å². The molecule has 0 spiro atoms. The maximum Gasteiger partial charge on any atom is 0.244 e. The number of carbonyl (C=O) groups excluding carboxylic acids is 2. The van der Waals surface area contributed by atoms with Crippen molar-refractivity contribution in [3.63, 3.8) is 0 Å². The van der Waals surface area contributed by atoms with Gasteiger partial charge >= 0.3 is 0 Å². The highest BCUT2D eigenvalue weighted by molar-refractivity contribution is 7.92. The van der Waals surface area contributed by atoms with Gasteiger partial charge in [-0.3, -0.25) is 13.9 Å². The summed E-state index contributed by atoms with van der Waals surface area (Å²) in [6, 6.07) is 10.8. The molecule has 37 heavy (non-hydrogen) atoms. The van der Waals surface area contributed by atoms with E-state index in [-0.39, 0.29) is 24.2 Å². The number of hydrogen-bond donors (Lipinski definition) is 1. The number of anilines is 1. The molecule has 0 bridgehead atoms. The number of nitrogens with one attached hydrogen (secondary N) is 1. The molecule has 0 heterocycles. The lowest BCUT2D eigenvalue weighted by Crippen LogP contribution is -2.52. The van der Waals surface area contributed by atoms with Crippen LogP contribution in [-0.2, 0) is 26.2 Å². The number of amides is 2. The summed E-state index contributed by atoms with van der Waals surface area (Å²) in [5.74, 6) is 0.525. The SMILES string of the molecule is CC[C@@H](C)NC(=O)[C@H](C)N(Cc1ccc(OC)cc1)C(=O)CN(c1ccc(OC)c(OC)c1)S(C)(=O)=O. The average Bonchev–Trinajstić information content (AvgIpc) is 2.88. The van der Waals surface area contributed by atoms with Crippen molar-refractivity contribution < 1.29 is 32.2 Å². The van der Waals surface area contributed by atoms with Gasteiger partial charge in [-0.25, -0.2) is 8.42 Å². The first-order valence-electron chi connectivity index (χ1n) is 11.9. The van der Waals surface area contributed by atoms with Gasteiger partial charge in [-0.15, -0.1) is 0 Å². The van der Waals surface area contributed by atoms with Crippen LogP contribution in [0.3, 0.4) is 0 Å². The summed E-state index contributed by atoms with van der Waals surface area (Å²) in [5, 5.41) is 2.90. The summed E-state index contributed by atoms with van der Waals surface area (Å²) in [7, 11) is 0.593. The van der Waals surface area contributed by atoms with Gasteiger partial charge in [0, 0.05) is 18.7 Å². The van der Waals surface area contributed by atoms with Gasteiger partial charge in [-0.1, -0.05) is 19.1 Å². The van der Waals surface area contributed by atoms with E-state index in [4.69, 9.17) is 14.2 Å². The second kappa shape index (κ2) is 13.2. The molecular formula is C26H37N3O7S. The Morgan fingerprint density at radius 1 is 0.946 bits per heavy atom. The van der Waals surface area contributed by atoms with Crippen molar-refractivity contribution in [1.29, 1.82) is 0 Å². The Hall–Kier alpha value is -3.47. The third-order valence-electron chi connectivity index (χ3n) is 6.01. The summed E-state index contributed by atoms with van der Waals surface area (Å²) in [6.07, 6.45) is 1.75. The smallest absolute Gasteiger partial charge is 0.244 e. The van der Waals surface area contributed by atoms with Crippen LogP contribution >= 0.6 is 0 Å². The molecule has 0 aliphatic heterocycles. The van der Waals surface area contributed by atoms with Gasteiger partial charge in [0.1, 0.15) is 18.3 Å². The van der Waals surface area contributed by atoms with Gasteiger partial charge in [-0.2, -0.15) is 0 Å². The molecule has 0 fully saturated rings. The Morgan fingerprint density at radius 3 is 2.08 bits per heavy atom. The maximum absolute atomic E-state index is 13.6. The molecule has 10 nitrogen and oxygen atoms in total. The molecule has 2 aromatic carbocycles. The van der Waals surface area contributed by atoms with Gasteiger partial charge in [-0.05, 0) is 50.1 Å². The first kappa shape index (κ1) is 29.8. The summed E-state index contributed by atoms with van der Waals surface area (Å²) < 4.78 is 42.2. The van der Waals surface area contributed by atoms with E-state index in [0.717, 1.165) is 22.5 Å². The Morgan fingerprint density at radius 2 is 1.57 bits per heavy atom. The minimum absolute atomic E-state index is 0.0767. The Bertz CT molecular complexity index is 1170. The number of nitrogens with zero attached hydrogens (tertiary/aromatic N) is 2. The zero-order valence-electron chi connectivity index (χ0n) is 22.5. The molecule has 1 N–H and O–H groups in total. The van der Waals surface area contributed by atoms with Crippen LogP contribution in [0.15, 0.2) is 42.5 Å². The van der Waals surface area contributed by atoms with Crippen molar-refractivity contribution >= 4 is 27.5 Å². The normalized spacial score (nSPS) is 12.7. The molecule has 2 atom stereocenters. The number of hydrogen-bond acceptors (Lipinski definition) is 7. The molecule has 0 radical (unpaired) electrons. The fourth-order valence-electron chi connectivity index (χ4n) is 3.57. The van der Waals surface area contributed by atoms with Crippen LogP contribution in [0, 0.1) is 0 Å². The van der Waals surface area contributed by atoms with E-state index in [1.807, 2.05) is 13.8 Å². The fraction of sp³-hybridized carbons (Fsp3) is 0.462. The van der Waals surface area contributed by atoms with Crippen molar-refractivity contribution in [2.75, 3.05) is 38.4 Å². The highest BCUT2D eigenvalue weighted by Gasteiger charge is 2.30. The van der Waals surface area contributed by atoms with E-state index >= 15 is 0 Å². The molecule has 0 saturated heterocycles. The van der Waals surface area contributed by atoms with E-state index in [0.29, 0.717) is 17.2 Å². The maximum atomic E-state index is 13.6. The zero-order chi connectivity index (χ0) is 27.8. The van der Waals surface area contributed by atoms with Crippen molar-refractivity contribution in [3.05, 3.63) is 48.0 Å². The first-order valence-corrected chi connectivity index (χ1v) is 13.7. The standard InChI is InChI=1S/C26H37N3O7S/c1-8-18(2)27-26(31)19(3)28(16-20-9-12-22(34-4)13-10-20)25(30)17-29(37(7,32)33)21-11-14-23(35-5)24(15-21)36-6/h9-15,18-19H,8,16-17H2,1-7H3,(H,27,31)/t18-,19+/m1/s1. The molecule has 0 aliphatic carbocycles. The molecule has 11 heteroatoms. The van der Waals surface area contributed by atoms with Gasteiger partial charge in [0.25, 0.3) is 0 Å². The zero-order valence-corrected chi connectivity index (χ0v) is 23.3. The molecular weight excluding hydrogens is 498 g/mol. The molecule has 0 unspecified atom stereocenters.